The number of aromatic nitrogens is 2. The van der Waals surface area contributed by atoms with Crippen molar-refractivity contribution in [2.75, 3.05) is 11.9 Å². The van der Waals surface area contributed by atoms with Gasteiger partial charge in [0, 0.05) is 8.96 Å². The van der Waals surface area contributed by atoms with Crippen LogP contribution < -0.4 is 5.32 Å². The number of halogens is 1. The first-order chi connectivity index (χ1) is 10.3. The molecule has 1 aromatic heterocycles. The number of hydrogen-bond acceptors (Lipinski definition) is 4. The van der Waals surface area contributed by atoms with E-state index in [-0.39, 0.29) is 12.6 Å². The number of aliphatic hydroxyl groups excluding tert-OH is 1. The Hall–Kier alpha value is -1.73. The van der Waals surface area contributed by atoms with Crippen LogP contribution >= 0.6 is 22.6 Å². The average Bonchev–Trinajstić information content (AvgIpc) is 2.53. The molecule has 0 saturated heterocycles. The van der Waals surface area contributed by atoms with E-state index in [0.29, 0.717) is 0 Å². The minimum atomic E-state index is -0.192. The third kappa shape index (κ3) is 3.14. The fourth-order valence-electron chi connectivity index (χ4n) is 2.23. The van der Waals surface area contributed by atoms with E-state index >= 15 is 0 Å². The van der Waals surface area contributed by atoms with Crippen molar-refractivity contribution in [3.05, 3.63) is 64.0 Å². The minimum Gasteiger partial charge on any atom is -0.394 e. The van der Waals surface area contributed by atoms with Gasteiger partial charge in [-0.25, -0.2) is 9.97 Å². The van der Waals surface area contributed by atoms with Crippen LogP contribution in [-0.2, 0) is 0 Å². The Labute approximate surface area is 136 Å². The van der Waals surface area contributed by atoms with Gasteiger partial charge in [-0.15, -0.1) is 0 Å². The fraction of sp³-hybridized carbons (Fsp3) is 0.125. The Bertz CT molecular complexity index is 749. The van der Waals surface area contributed by atoms with E-state index in [1.807, 2.05) is 48.5 Å². The van der Waals surface area contributed by atoms with Gasteiger partial charge in [0.05, 0.1) is 18.2 Å². The van der Waals surface area contributed by atoms with E-state index < -0.39 is 0 Å². The number of hydrogen-bond donors (Lipinski definition) is 2. The van der Waals surface area contributed by atoms with Crippen molar-refractivity contribution in [3.63, 3.8) is 0 Å². The van der Waals surface area contributed by atoms with Crippen LogP contribution in [0.15, 0.2) is 54.9 Å². The minimum absolute atomic E-state index is 0.000560. The molecular weight excluding hydrogens is 377 g/mol. The highest BCUT2D eigenvalue weighted by molar-refractivity contribution is 14.1. The van der Waals surface area contributed by atoms with Gasteiger partial charge in [0.2, 0.25) is 0 Å². The lowest BCUT2D eigenvalue weighted by Gasteiger charge is -2.18. The van der Waals surface area contributed by atoms with Crippen molar-refractivity contribution in [2.24, 2.45) is 0 Å². The lowest BCUT2D eigenvalue weighted by Crippen LogP contribution is -2.16. The number of nitrogens with one attached hydrogen (secondary N) is 1. The molecule has 2 aromatic carbocycles. The summed E-state index contributed by atoms with van der Waals surface area (Å²) in [4.78, 5) is 8.60. The molecule has 4 nitrogen and oxygen atoms in total. The van der Waals surface area contributed by atoms with Crippen LogP contribution in [0.4, 0.5) is 5.82 Å². The van der Waals surface area contributed by atoms with E-state index in [2.05, 4.69) is 37.9 Å². The van der Waals surface area contributed by atoms with E-state index in [1.165, 1.54) is 6.33 Å². The van der Waals surface area contributed by atoms with E-state index in [4.69, 9.17) is 0 Å². The maximum absolute atomic E-state index is 9.66. The number of nitrogens with zero attached hydrogens (tertiary/aromatic N) is 2. The van der Waals surface area contributed by atoms with Gasteiger partial charge in [0.15, 0.2) is 0 Å². The number of anilines is 1. The molecule has 5 heteroatoms. The summed E-state index contributed by atoms with van der Waals surface area (Å²) in [7, 11) is 0. The van der Waals surface area contributed by atoms with Gasteiger partial charge in [-0.05, 0) is 46.4 Å². The molecule has 1 heterocycles. The molecule has 0 aliphatic heterocycles. The molecule has 0 radical (unpaired) electrons. The summed E-state index contributed by atoms with van der Waals surface area (Å²) in [6.07, 6.45) is 1.54. The Morgan fingerprint density at radius 2 is 1.90 bits per heavy atom. The smallest absolute Gasteiger partial charge is 0.137 e. The standard InChI is InChI=1S/C16H14IN3O/c17-12-6-7-14-13(8-12)16(19-10-18-14)20-15(9-21)11-4-2-1-3-5-11/h1-8,10,15,21H,9H2,(H,18,19,20). The van der Waals surface area contributed by atoms with Crippen molar-refractivity contribution in [3.8, 4) is 0 Å². The van der Waals surface area contributed by atoms with Gasteiger partial charge >= 0.3 is 0 Å². The predicted octanol–water partition coefficient (Wildman–Crippen LogP) is 3.38. The van der Waals surface area contributed by atoms with Crippen molar-refractivity contribution >= 4 is 39.3 Å². The molecule has 0 fully saturated rings. The van der Waals surface area contributed by atoms with Crippen molar-refractivity contribution in [1.82, 2.24) is 9.97 Å². The zero-order valence-corrected chi connectivity index (χ0v) is 13.4. The van der Waals surface area contributed by atoms with Gasteiger partial charge in [0.1, 0.15) is 12.1 Å². The maximum atomic E-state index is 9.66. The molecule has 0 amide bonds. The van der Waals surface area contributed by atoms with Crippen molar-refractivity contribution in [1.29, 1.82) is 0 Å². The summed E-state index contributed by atoms with van der Waals surface area (Å²) >= 11 is 2.27. The topological polar surface area (TPSA) is 58.0 Å². The molecule has 21 heavy (non-hydrogen) atoms. The molecule has 3 rings (SSSR count). The van der Waals surface area contributed by atoms with Gasteiger partial charge < -0.3 is 10.4 Å². The van der Waals surface area contributed by atoms with Gasteiger partial charge in [-0.3, -0.25) is 0 Å². The number of aliphatic hydroxyl groups is 1. The Morgan fingerprint density at radius 3 is 2.67 bits per heavy atom. The first kappa shape index (κ1) is 14.2. The van der Waals surface area contributed by atoms with Gasteiger partial charge in [-0.2, -0.15) is 0 Å². The Kier molecular flexibility index (Phi) is 4.31. The number of benzene rings is 2. The largest absolute Gasteiger partial charge is 0.394 e. The maximum Gasteiger partial charge on any atom is 0.137 e. The molecule has 0 aliphatic carbocycles. The predicted molar refractivity (Wildman–Crippen MR) is 92.1 cm³/mol. The molecular formula is C16H14IN3O. The highest BCUT2D eigenvalue weighted by Crippen LogP contribution is 2.25. The molecule has 0 spiro atoms. The van der Waals surface area contributed by atoms with E-state index in [0.717, 1.165) is 25.9 Å². The molecule has 106 valence electrons. The van der Waals surface area contributed by atoms with E-state index in [1.54, 1.807) is 0 Å². The molecule has 2 N–H and O–H groups in total. The van der Waals surface area contributed by atoms with Crippen LogP contribution in [0.25, 0.3) is 10.9 Å². The molecule has 0 aliphatic rings. The summed E-state index contributed by atoms with van der Waals surface area (Å²) in [5.74, 6) is 0.737. The number of fused-ring (bicyclic) bond motifs is 1. The zero-order chi connectivity index (χ0) is 14.7. The lowest BCUT2D eigenvalue weighted by molar-refractivity contribution is 0.276. The molecule has 0 saturated carbocycles. The third-order valence-electron chi connectivity index (χ3n) is 3.29. The first-order valence-electron chi connectivity index (χ1n) is 6.60. The summed E-state index contributed by atoms with van der Waals surface area (Å²) in [6, 6.07) is 15.7. The zero-order valence-electron chi connectivity index (χ0n) is 11.2. The van der Waals surface area contributed by atoms with Crippen LogP contribution in [0.1, 0.15) is 11.6 Å². The van der Waals surface area contributed by atoms with Crippen LogP contribution in [-0.4, -0.2) is 21.7 Å². The van der Waals surface area contributed by atoms with Crippen LogP contribution in [0, 0.1) is 3.57 Å². The average molecular weight is 391 g/mol. The normalized spacial score (nSPS) is 12.3. The van der Waals surface area contributed by atoms with Gasteiger partial charge in [0.25, 0.3) is 0 Å². The molecule has 1 unspecified atom stereocenters. The summed E-state index contributed by atoms with van der Waals surface area (Å²) in [5, 5.41) is 13.9. The second-order valence-corrected chi connectivity index (χ2v) is 5.92. The van der Waals surface area contributed by atoms with Crippen LogP contribution in [0.3, 0.4) is 0 Å². The lowest BCUT2D eigenvalue weighted by atomic mass is 10.1. The monoisotopic (exact) mass is 391 g/mol. The van der Waals surface area contributed by atoms with Gasteiger partial charge in [-0.1, -0.05) is 30.3 Å². The summed E-state index contributed by atoms with van der Waals surface area (Å²) in [6.45, 7) is -0.000560. The van der Waals surface area contributed by atoms with Crippen molar-refractivity contribution in [2.45, 2.75) is 6.04 Å². The highest BCUT2D eigenvalue weighted by Gasteiger charge is 2.12. The Balaban J connectivity index is 1.99. The van der Waals surface area contributed by atoms with E-state index in [9.17, 15) is 5.11 Å². The third-order valence-corrected chi connectivity index (χ3v) is 3.96. The van der Waals surface area contributed by atoms with Crippen LogP contribution in [0.2, 0.25) is 0 Å². The Morgan fingerprint density at radius 1 is 1.10 bits per heavy atom. The van der Waals surface area contributed by atoms with Crippen molar-refractivity contribution < 1.29 is 5.11 Å². The quantitative estimate of drug-likeness (QED) is 0.670. The number of rotatable bonds is 4. The highest BCUT2D eigenvalue weighted by atomic mass is 127. The first-order valence-corrected chi connectivity index (χ1v) is 7.68. The van der Waals surface area contributed by atoms with Crippen LogP contribution in [0.5, 0.6) is 0 Å². The SMILES string of the molecule is OCC(Nc1ncnc2ccc(I)cc12)c1ccccc1. The summed E-state index contributed by atoms with van der Waals surface area (Å²) in [5.41, 5.74) is 1.91. The molecule has 1 atom stereocenters. The molecule has 3 aromatic rings. The fourth-order valence-corrected chi connectivity index (χ4v) is 2.72. The second-order valence-electron chi connectivity index (χ2n) is 4.67. The summed E-state index contributed by atoms with van der Waals surface area (Å²) < 4.78 is 1.12. The molecule has 0 bridgehead atoms. The second kappa shape index (κ2) is 6.36.